The minimum Gasteiger partial charge on any atom is -0.422 e. The molecule has 0 fully saturated rings. The fraction of sp³-hybridized carbons (Fsp3) is 0.500. The van der Waals surface area contributed by atoms with Crippen molar-refractivity contribution >= 4 is 23.5 Å². The van der Waals surface area contributed by atoms with Gasteiger partial charge in [0.15, 0.2) is 11.5 Å². The third-order valence-electron chi connectivity index (χ3n) is 2.52. The second-order valence-corrected chi connectivity index (χ2v) is 6.12. The summed E-state index contributed by atoms with van der Waals surface area (Å²) < 4.78 is 10.5. The number of hydrogen-bond donors (Lipinski definition) is 0. The topological polar surface area (TPSA) is 52.6 Å². The molecule has 0 aliphatic carbocycles. The highest BCUT2D eigenvalue weighted by molar-refractivity contribution is 6.32. The van der Waals surface area contributed by atoms with Gasteiger partial charge in [-0.15, -0.1) is 0 Å². The molecule has 0 spiro atoms. The normalized spacial score (nSPS) is 10.8. The van der Waals surface area contributed by atoms with Gasteiger partial charge in [0.1, 0.15) is 0 Å². The van der Waals surface area contributed by atoms with Crippen molar-refractivity contribution in [1.29, 1.82) is 0 Å². The first-order valence-corrected chi connectivity index (χ1v) is 7.37. The van der Waals surface area contributed by atoms with Crippen LogP contribution >= 0.6 is 11.6 Å². The molecule has 0 heterocycles. The average molecular weight is 313 g/mol. The van der Waals surface area contributed by atoms with E-state index in [2.05, 4.69) is 0 Å². The van der Waals surface area contributed by atoms with Crippen molar-refractivity contribution in [2.24, 2.45) is 11.8 Å². The van der Waals surface area contributed by atoms with Gasteiger partial charge in [0.2, 0.25) is 0 Å². The Morgan fingerprint density at radius 2 is 1.52 bits per heavy atom. The van der Waals surface area contributed by atoms with E-state index in [-0.39, 0.29) is 47.2 Å². The maximum absolute atomic E-state index is 11.8. The summed E-state index contributed by atoms with van der Waals surface area (Å²) in [4.78, 5) is 23.5. The Labute approximate surface area is 130 Å². The first kappa shape index (κ1) is 17.5. The van der Waals surface area contributed by atoms with E-state index in [1.54, 1.807) is 18.2 Å². The van der Waals surface area contributed by atoms with Crippen LogP contribution in [0.3, 0.4) is 0 Å². The number of para-hydroxylation sites is 1. The van der Waals surface area contributed by atoms with E-state index in [4.69, 9.17) is 21.1 Å². The molecule has 0 aliphatic heterocycles. The third kappa shape index (κ3) is 6.17. The van der Waals surface area contributed by atoms with Gasteiger partial charge in [-0.1, -0.05) is 45.4 Å². The maximum atomic E-state index is 11.8. The predicted octanol–water partition coefficient (Wildman–Crippen LogP) is 4.24. The van der Waals surface area contributed by atoms with Crippen LogP contribution in [0.1, 0.15) is 40.5 Å². The second kappa shape index (κ2) is 8.03. The molecule has 1 aromatic carbocycles. The van der Waals surface area contributed by atoms with Gasteiger partial charge in [-0.2, -0.15) is 0 Å². The molecular weight excluding hydrogens is 292 g/mol. The highest BCUT2D eigenvalue weighted by Gasteiger charge is 2.18. The van der Waals surface area contributed by atoms with E-state index in [1.807, 2.05) is 27.7 Å². The summed E-state index contributed by atoms with van der Waals surface area (Å²) in [6.45, 7) is 7.67. The summed E-state index contributed by atoms with van der Waals surface area (Å²) in [6, 6.07) is 4.78. The van der Waals surface area contributed by atoms with Gasteiger partial charge in [0, 0.05) is 12.8 Å². The van der Waals surface area contributed by atoms with Gasteiger partial charge in [0.05, 0.1) is 5.02 Å². The first-order valence-electron chi connectivity index (χ1n) is 6.99. The fourth-order valence-corrected chi connectivity index (χ4v) is 1.86. The lowest BCUT2D eigenvalue weighted by atomic mass is 10.1. The smallest absolute Gasteiger partial charge is 0.311 e. The monoisotopic (exact) mass is 312 g/mol. The van der Waals surface area contributed by atoms with Gasteiger partial charge in [-0.05, 0) is 24.0 Å². The Hall–Kier alpha value is -1.55. The molecule has 0 bridgehead atoms. The Balaban J connectivity index is 2.87. The number of esters is 2. The van der Waals surface area contributed by atoms with Crippen molar-refractivity contribution in [2.45, 2.75) is 40.5 Å². The lowest BCUT2D eigenvalue weighted by molar-refractivity contribution is -0.138. The van der Waals surface area contributed by atoms with E-state index < -0.39 is 5.97 Å². The average Bonchev–Trinajstić information content (AvgIpc) is 2.31. The van der Waals surface area contributed by atoms with E-state index >= 15 is 0 Å². The maximum Gasteiger partial charge on any atom is 0.311 e. The standard InChI is InChI=1S/C16H21ClO4/c1-10(2)8-14(18)20-13-7-5-6-12(17)16(13)21-15(19)9-11(3)4/h5-7,10-11H,8-9H2,1-4H3. The van der Waals surface area contributed by atoms with Gasteiger partial charge < -0.3 is 9.47 Å². The molecule has 0 aromatic heterocycles. The SMILES string of the molecule is CC(C)CC(=O)Oc1cccc(Cl)c1OC(=O)CC(C)C. The molecule has 21 heavy (non-hydrogen) atoms. The van der Waals surface area contributed by atoms with Crippen LogP contribution in [0.25, 0.3) is 0 Å². The molecule has 0 N–H and O–H groups in total. The molecule has 0 saturated heterocycles. The summed E-state index contributed by atoms with van der Waals surface area (Å²) in [5.74, 6) is -0.157. The Morgan fingerprint density at radius 3 is 2.05 bits per heavy atom. The molecule has 0 radical (unpaired) electrons. The highest BCUT2D eigenvalue weighted by atomic mass is 35.5. The number of hydrogen-bond acceptors (Lipinski definition) is 4. The molecule has 0 unspecified atom stereocenters. The van der Waals surface area contributed by atoms with Gasteiger partial charge in [-0.25, -0.2) is 0 Å². The summed E-state index contributed by atoms with van der Waals surface area (Å²) >= 11 is 6.03. The van der Waals surface area contributed by atoms with Gasteiger partial charge in [0.25, 0.3) is 0 Å². The molecule has 5 heteroatoms. The van der Waals surface area contributed by atoms with Crippen molar-refractivity contribution in [3.8, 4) is 11.5 Å². The minimum absolute atomic E-state index is 0.0990. The molecule has 0 saturated carbocycles. The van der Waals surface area contributed by atoms with E-state index in [9.17, 15) is 9.59 Å². The van der Waals surface area contributed by atoms with Crippen LogP contribution in [0.4, 0.5) is 0 Å². The van der Waals surface area contributed by atoms with Crippen LogP contribution in [0.2, 0.25) is 5.02 Å². The number of ether oxygens (including phenoxy) is 2. The van der Waals surface area contributed by atoms with Crippen molar-refractivity contribution in [3.05, 3.63) is 23.2 Å². The minimum atomic E-state index is -0.403. The van der Waals surface area contributed by atoms with E-state index in [0.717, 1.165) is 0 Å². The van der Waals surface area contributed by atoms with Crippen LogP contribution in [0.5, 0.6) is 11.5 Å². The molecule has 1 rings (SSSR count). The third-order valence-corrected chi connectivity index (χ3v) is 2.82. The van der Waals surface area contributed by atoms with Crippen molar-refractivity contribution in [3.63, 3.8) is 0 Å². The summed E-state index contributed by atoms with van der Waals surface area (Å²) in [7, 11) is 0. The Bertz CT molecular complexity index is 509. The number of carbonyl (C=O) groups excluding carboxylic acids is 2. The van der Waals surface area contributed by atoms with E-state index in [0.29, 0.717) is 0 Å². The second-order valence-electron chi connectivity index (χ2n) is 5.71. The fourth-order valence-electron chi connectivity index (χ4n) is 1.65. The zero-order valence-corrected chi connectivity index (χ0v) is 13.6. The summed E-state index contributed by atoms with van der Waals surface area (Å²) in [5.41, 5.74) is 0. The number of carbonyl (C=O) groups is 2. The Morgan fingerprint density at radius 1 is 1.00 bits per heavy atom. The summed E-state index contributed by atoms with van der Waals surface area (Å²) in [6.07, 6.45) is 0.552. The van der Waals surface area contributed by atoms with E-state index in [1.165, 1.54) is 0 Å². The van der Waals surface area contributed by atoms with Crippen LogP contribution in [0.15, 0.2) is 18.2 Å². The number of rotatable bonds is 6. The summed E-state index contributed by atoms with van der Waals surface area (Å²) in [5, 5.41) is 0.238. The Kier molecular flexibility index (Phi) is 6.69. The molecule has 4 nitrogen and oxygen atoms in total. The zero-order chi connectivity index (χ0) is 16.0. The predicted molar refractivity (Wildman–Crippen MR) is 81.6 cm³/mol. The molecule has 1 aromatic rings. The molecule has 0 aliphatic rings. The molecule has 116 valence electrons. The van der Waals surface area contributed by atoms with Crippen molar-refractivity contribution < 1.29 is 19.1 Å². The quantitative estimate of drug-likeness (QED) is 0.582. The lowest BCUT2D eigenvalue weighted by Gasteiger charge is -2.13. The molecular formula is C16H21ClO4. The lowest BCUT2D eigenvalue weighted by Crippen LogP contribution is -2.14. The molecule has 0 atom stereocenters. The highest BCUT2D eigenvalue weighted by Crippen LogP contribution is 2.35. The first-order chi connectivity index (χ1) is 9.79. The number of halogens is 1. The van der Waals surface area contributed by atoms with Crippen LogP contribution in [0, 0.1) is 11.8 Å². The van der Waals surface area contributed by atoms with Crippen molar-refractivity contribution in [1.82, 2.24) is 0 Å². The van der Waals surface area contributed by atoms with Gasteiger partial charge in [-0.3, -0.25) is 9.59 Å². The van der Waals surface area contributed by atoms with Crippen LogP contribution < -0.4 is 9.47 Å². The largest absolute Gasteiger partial charge is 0.422 e. The van der Waals surface area contributed by atoms with Crippen molar-refractivity contribution in [2.75, 3.05) is 0 Å². The zero-order valence-electron chi connectivity index (χ0n) is 12.8. The van der Waals surface area contributed by atoms with Crippen LogP contribution in [-0.4, -0.2) is 11.9 Å². The van der Waals surface area contributed by atoms with Crippen LogP contribution in [-0.2, 0) is 9.59 Å². The molecule has 0 amide bonds. The van der Waals surface area contributed by atoms with Gasteiger partial charge >= 0.3 is 11.9 Å². The number of benzene rings is 1.